The van der Waals surface area contributed by atoms with Gasteiger partial charge in [-0.2, -0.15) is 0 Å². The number of ether oxygens (including phenoxy) is 1. The number of rotatable bonds is 3. The zero-order valence-electron chi connectivity index (χ0n) is 7.01. The third-order valence-corrected chi connectivity index (χ3v) is 1.37. The summed E-state index contributed by atoms with van der Waals surface area (Å²) in [5.41, 5.74) is -1.04. The molecular formula is C8H12O3. The minimum Gasteiger partial charge on any atom is -0.449 e. The van der Waals surface area contributed by atoms with Gasteiger partial charge in [0.1, 0.15) is 0 Å². The van der Waals surface area contributed by atoms with Crippen molar-refractivity contribution >= 4 is 11.8 Å². The number of esters is 1. The SMILES string of the molecule is C=CC(=O)OC(C)(C)C(C)=O. The van der Waals surface area contributed by atoms with Gasteiger partial charge in [0.25, 0.3) is 0 Å². The Bertz CT molecular complexity index is 192. The first-order valence-electron chi connectivity index (χ1n) is 3.26. The first-order valence-corrected chi connectivity index (χ1v) is 3.26. The van der Waals surface area contributed by atoms with Gasteiger partial charge in [0.05, 0.1) is 0 Å². The molecule has 3 nitrogen and oxygen atoms in total. The fraction of sp³-hybridized carbons (Fsp3) is 0.500. The highest BCUT2D eigenvalue weighted by Gasteiger charge is 2.26. The summed E-state index contributed by atoms with van der Waals surface area (Å²) in [6.45, 7) is 7.67. The lowest BCUT2D eigenvalue weighted by Crippen LogP contribution is -2.34. The van der Waals surface area contributed by atoms with Crippen LogP contribution in [0.25, 0.3) is 0 Å². The minimum atomic E-state index is -1.04. The molecule has 0 heterocycles. The van der Waals surface area contributed by atoms with E-state index in [-0.39, 0.29) is 5.78 Å². The van der Waals surface area contributed by atoms with Crippen LogP contribution in [0.4, 0.5) is 0 Å². The van der Waals surface area contributed by atoms with Gasteiger partial charge in [-0.25, -0.2) is 4.79 Å². The summed E-state index contributed by atoms with van der Waals surface area (Å²) in [7, 11) is 0. The molecule has 0 bridgehead atoms. The van der Waals surface area contributed by atoms with Gasteiger partial charge in [-0.15, -0.1) is 0 Å². The third kappa shape index (κ3) is 2.98. The summed E-state index contributed by atoms with van der Waals surface area (Å²) >= 11 is 0. The molecule has 0 aromatic heterocycles. The molecular weight excluding hydrogens is 144 g/mol. The van der Waals surface area contributed by atoms with Crippen LogP contribution >= 0.6 is 0 Å². The monoisotopic (exact) mass is 156 g/mol. The van der Waals surface area contributed by atoms with Crippen molar-refractivity contribution in [2.24, 2.45) is 0 Å². The maximum absolute atomic E-state index is 10.8. The van der Waals surface area contributed by atoms with Crippen LogP contribution in [0, 0.1) is 0 Å². The van der Waals surface area contributed by atoms with Gasteiger partial charge in [-0.1, -0.05) is 6.58 Å². The predicted molar refractivity (Wildman–Crippen MR) is 41.0 cm³/mol. The summed E-state index contributed by atoms with van der Waals surface area (Å²) < 4.78 is 4.74. The maximum Gasteiger partial charge on any atom is 0.331 e. The number of hydrogen-bond donors (Lipinski definition) is 0. The highest BCUT2D eigenvalue weighted by molar-refractivity contribution is 5.89. The zero-order chi connectivity index (χ0) is 9.07. The lowest BCUT2D eigenvalue weighted by atomic mass is 10.1. The molecule has 0 aromatic rings. The van der Waals surface area contributed by atoms with E-state index in [1.807, 2.05) is 0 Å². The van der Waals surface area contributed by atoms with Crippen LogP contribution in [0.1, 0.15) is 20.8 Å². The fourth-order valence-electron chi connectivity index (χ4n) is 0.365. The Morgan fingerprint density at radius 3 is 2.18 bits per heavy atom. The second-order valence-electron chi connectivity index (χ2n) is 2.69. The van der Waals surface area contributed by atoms with Crippen LogP contribution in [0.5, 0.6) is 0 Å². The van der Waals surface area contributed by atoms with Gasteiger partial charge in [-0.3, -0.25) is 4.79 Å². The van der Waals surface area contributed by atoms with E-state index in [1.54, 1.807) is 0 Å². The van der Waals surface area contributed by atoms with E-state index in [2.05, 4.69) is 6.58 Å². The third-order valence-electron chi connectivity index (χ3n) is 1.37. The molecule has 0 saturated carbocycles. The Hall–Kier alpha value is -1.12. The van der Waals surface area contributed by atoms with E-state index in [0.717, 1.165) is 6.08 Å². The quantitative estimate of drug-likeness (QED) is 0.453. The highest BCUT2D eigenvalue weighted by atomic mass is 16.6. The topological polar surface area (TPSA) is 43.4 Å². The van der Waals surface area contributed by atoms with Crippen molar-refractivity contribution in [2.45, 2.75) is 26.4 Å². The molecule has 0 radical (unpaired) electrons. The normalized spacial score (nSPS) is 10.5. The van der Waals surface area contributed by atoms with Crippen LogP contribution in [-0.4, -0.2) is 17.4 Å². The molecule has 0 atom stereocenters. The second-order valence-corrected chi connectivity index (χ2v) is 2.69. The fourth-order valence-corrected chi connectivity index (χ4v) is 0.365. The van der Waals surface area contributed by atoms with Gasteiger partial charge >= 0.3 is 5.97 Å². The number of ketones is 1. The first-order chi connectivity index (χ1) is 4.90. The molecule has 0 rings (SSSR count). The highest BCUT2D eigenvalue weighted by Crippen LogP contribution is 2.10. The molecule has 0 aliphatic rings. The lowest BCUT2D eigenvalue weighted by molar-refractivity contribution is -0.158. The van der Waals surface area contributed by atoms with Crippen LogP contribution in [-0.2, 0) is 14.3 Å². The van der Waals surface area contributed by atoms with E-state index in [0.29, 0.717) is 0 Å². The van der Waals surface area contributed by atoms with Gasteiger partial charge in [0, 0.05) is 6.08 Å². The second kappa shape index (κ2) is 3.32. The summed E-state index contributed by atoms with van der Waals surface area (Å²) in [6.07, 6.45) is 1.03. The van der Waals surface area contributed by atoms with Crippen molar-refractivity contribution in [3.05, 3.63) is 12.7 Å². The van der Waals surface area contributed by atoms with Crippen molar-refractivity contribution < 1.29 is 14.3 Å². The van der Waals surface area contributed by atoms with Gasteiger partial charge in [0.2, 0.25) is 0 Å². The summed E-state index contributed by atoms with van der Waals surface area (Å²) in [6, 6.07) is 0. The molecule has 0 fully saturated rings. The molecule has 0 saturated heterocycles. The molecule has 0 amide bonds. The number of hydrogen-bond acceptors (Lipinski definition) is 3. The average Bonchev–Trinajstić information content (AvgIpc) is 1.86. The van der Waals surface area contributed by atoms with E-state index in [9.17, 15) is 9.59 Å². The van der Waals surface area contributed by atoms with E-state index < -0.39 is 11.6 Å². The van der Waals surface area contributed by atoms with Crippen molar-refractivity contribution in [3.8, 4) is 0 Å². The molecule has 0 N–H and O–H groups in total. The van der Waals surface area contributed by atoms with Crippen molar-refractivity contribution in [3.63, 3.8) is 0 Å². The Balaban J connectivity index is 4.23. The van der Waals surface area contributed by atoms with Crippen LogP contribution in [0.3, 0.4) is 0 Å². The van der Waals surface area contributed by atoms with Crippen molar-refractivity contribution in [2.75, 3.05) is 0 Å². The van der Waals surface area contributed by atoms with Gasteiger partial charge in [-0.05, 0) is 20.8 Å². The molecule has 0 spiro atoms. The van der Waals surface area contributed by atoms with Crippen LogP contribution in [0.2, 0.25) is 0 Å². The Labute approximate surface area is 66.0 Å². The van der Waals surface area contributed by atoms with Gasteiger partial charge in [0.15, 0.2) is 11.4 Å². The zero-order valence-corrected chi connectivity index (χ0v) is 7.01. The number of carbonyl (C=O) groups excluding carboxylic acids is 2. The van der Waals surface area contributed by atoms with E-state index in [4.69, 9.17) is 4.74 Å². The molecule has 3 heteroatoms. The molecule has 0 aromatic carbocycles. The minimum absolute atomic E-state index is 0.187. The molecule has 0 aliphatic heterocycles. The Morgan fingerprint density at radius 1 is 1.45 bits per heavy atom. The predicted octanol–water partition coefficient (Wildman–Crippen LogP) is 1.08. The van der Waals surface area contributed by atoms with Crippen molar-refractivity contribution in [1.82, 2.24) is 0 Å². The average molecular weight is 156 g/mol. The van der Waals surface area contributed by atoms with E-state index >= 15 is 0 Å². The molecule has 11 heavy (non-hydrogen) atoms. The summed E-state index contributed by atoms with van der Waals surface area (Å²) in [5.74, 6) is -0.766. The maximum atomic E-state index is 10.8. The standard InChI is InChI=1S/C8H12O3/c1-5-7(10)11-8(3,4)6(2)9/h5H,1H2,2-4H3. The first kappa shape index (κ1) is 9.88. The van der Waals surface area contributed by atoms with Gasteiger partial charge < -0.3 is 4.74 Å². The number of carbonyl (C=O) groups is 2. The van der Waals surface area contributed by atoms with Crippen LogP contribution in [0.15, 0.2) is 12.7 Å². The summed E-state index contributed by atoms with van der Waals surface area (Å²) in [5, 5.41) is 0. The largest absolute Gasteiger partial charge is 0.449 e. The van der Waals surface area contributed by atoms with Crippen LogP contribution < -0.4 is 0 Å². The number of Topliss-reactive ketones (excluding diaryl/α,β-unsaturated/α-hetero) is 1. The molecule has 0 unspecified atom stereocenters. The lowest BCUT2D eigenvalue weighted by Gasteiger charge is -2.20. The Morgan fingerprint density at radius 2 is 1.91 bits per heavy atom. The summed E-state index contributed by atoms with van der Waals surface area (Å²) in [4.78, 5) is 21.4. The van der Waals surface area contributed by atoms with Crippen molar-refractivity contribution in [1.29, 1.82) is 0 Å². The Kier molecular flexibility index (Phi) is 2.99. The molecule has 0 aliphatic carbocycles. The smallest absolute Gasteiger partial charge is 0.331 e. The van der Waals surface area contributed by atoms with E-state index in [1.165, 1.54) is 20.8 Å². The molecule has 62 valence electrons.